The predicted molar refractivity (Wildman–Crippen MR) is 144 cm³/mol. The molecule has 0 aliphatic carbocycles. The zero-order chi connectivity index (χ0) is 26.9. The number of phosphoric acid groups is 1. The van der Waals surface area contributed by atoms with E-state index in [4.69, 9.17) is 18.3 Å². The maximum Gasteiger partial charge on any atom is 0.475 e. The van der Waals surface area contributed by atoms with Gasteiger partial charge in [-0.3, -0.25) is 18.0 Å². The molecular formula is C28H47FNO5P. The number of hydrogen-bond acceptors (Lipinski definition) is 6. The smallest absolute Gasteiger partial charge is 0.475 e. The van der Waals surface area contributed by atoms with Gasteiger partial charge in [-0.15, -0.1) is 0 Å². The highest BCUT2D eigenvalue weighted by molar-refractivity contribution is 7.48. The first-order chi connectivity index (χ1) is 16.7. The van der Waals surface area contributed by atoms with Gasteiger partial charge in [0.15, 0.2) is 0 Å². The number of phosphoric ester groups is 1. The molecule has 0 radical (unpaired) electrons. The van der Waals surface area contributed by atoms with Crippen molar-refractivity contribution in [2.75, 3.05) is 26.4 Å². The third kappa shape index (κ3) is 11.8. The van der Waals surface area contributed by atoms with E-state index in [2.05, 4.69) is 23.5 Å². The Balaban J connectivity index is 1.98. The molecule has 0 spiro atoms. The largest absolute Gasteiger partial charge is 0.494 e. The second-order valence-corrected chi connectivity index (χ2v) is 13.3. The minimum atomic E-state index is -3.79. The summed E-state index contributed by atoms with van der Waals surface area (Å²) in [6, 6.07) is 8.16. The van der Waals surface area contributed by atoms with Crippen molar-refractivity contribution in [1.29, 1.82) is 0 Å². The second-order valence-electron chi connectivity index (χ2n) is 11.8. The van der Waals surface area contributed by atoms with E-state index < -0.39 is 19.0 Å². The average Bonchev–Trinajstić information content (AvgIpc) is 3.13. The summed E-state index contributed by atoms with van der Waals surface area (Å²) in [7, 11) is -3.79. The van der Waals surface area contributed by atoms with E-state index in [0.717, 1.165) is 43.6 Å². The monoisotopic (exact) mass is 527 g/mol. The molecule has 1 atom stereocenters. The molecule has 8 heteroatoms. The van der Waals surface area contributed by atoms with E-state index >= 15 is 0 Å². The summed E-state index contributed by atoms with van der Waals surface area (Å²) < 4.78 is 49.1. The van der Waals surface area contributed by atoms with Crippen LogP contribution in [0.3, 0.4) is 0 Å². The van der Waals surface area contributed by atoms with Crippen LogP contribution in [0.25, 0.3) is 0 Å². The van der Waals surface area contributed by atoms with Crippen LogP contribution in [-0.4, -0.2) is 37.6 Å². The summed E-state index contributed by atoms with van der Waals surface area (Å²) in [6.07, 6.45) is 7.29. The van der Waals surface area contributed by atoms with Crippen LogP contribution in [0.4, 0.5) is 4.39 Å². The van der Waals surface area contributed by atoms with Crippen molar-refractivity contribution in [3.05, 3.63) is 41.6 Å². The number of aryl methyl sites for hydroxylation is 1. The summed E-state index contributed by atoms with van der Waals surface area (Å²) in [4.78, 5) is 0. The molecule has 1 aromatic carbocycles. The maximum atomic E-state index is 13.6. The zero-order valence-corrected chi connectivity index (χ0v) is 24.2. The van der Waals surface area contributed by atoms with Crippen molar-refractivity contribution in [2.45, 2.75) is 98.2 Å². The highest BCUT2D eigenvalue weighted by Crippen LogP contribution is 2.56. The quantitative estimate of drug-likeness (QED) is 0.186. The molecule has 0 fully saturated rings. The van der Waals surface area contributed by atoms with Gasteiger partial charge in [0.2, 0.25) is 0 Å². The molecule has 0 bridgehead atoms. The van der Waals surface area contributed by atoms with Crippen LogP contribution in [-0.2, 0) is 24.6 Å². The van der Waals surface area contributed by atoms with Crippen molar-refractivity contribution >= 4 is 7.82 Å². The van der Waals surface area contributed by atoms with E-state index in [1.54, 1.807) is 0 Å². The van der Waals surface area contributed by atoms with Crippen LogP contribution in [0.1, 0.15) is 86.1 Å². The summed E-state index contributed by atoms with van der Waals surface area (Å²) in [5.41, 5.74) is 0.606. The van der Waals surface area contributed by atoms with Crippen molar-refractivity contribution in [3.8, 4) is 5.75 Å². The fourth-order valence-electron chi connectivity index (χ4n) is 4.04. The average molecular weight is 528 g/mol. The van der Waals surface area contributed by atoms with Gasteiger partial charge in [-0.05, 0) is 98.3 Å². The van der Waals surface area contributed by atoms with Crippen molar-refractivity contribution < 1.29 is 27.3 Å². The molecule has 0 saturated carbocycles. The van der Waals surface area contributed by atoms with E-state index in [1.165, 1.54) is 5.56 Å². The minimum Gasteiger partial charge on any atom is -0.494 e. The van der Waals surface area contributed by atoms with Gasteiger partial charge in [-0.2, -0.15) is 0 Å². The van der Waals surface area contributed by atoms with Crippen molar-refractivity contribution in [1.82, 2.24) is 5.32 Å². The van der Waals surface area contributed by atoms with Crippen molar-refractivity contribution in [2.24, 2.45) is 5.41 Å². The molecule has 1 aliphatic rings. The van der Waals surface area contributed by atoms with Gasteiger partial charge in [0.1, 0.15) is 5.75 Å². The number of alkyl halides is 1. The number of rotatable bonds is 15. The maximum absolute atomic E-state index is 13.6. The molecule has 1 heterocycles. The normalized spacial score (nSPS) is 18.7. The lowest BCUT2D eigenvalue weighted by Gasteiger charge is -2.34. The van der Waals surface area contributed by atoms with Crippen LogP contribution >= 0.6 is 7.82 Å². The standard InChI is InChI=1S/C28H47FNO5P/c1-23-20-28(21-30-23,22-33-36(31,34-26(2,3)4)35-27(5,6)7)17-16-24-12-14-25(15-13-24)32-19-11-9-8-10-18-29/h12-15,20,30H,8-11,16-19,21-22H2,1-7H3/t28-/m0/s1. The first-order valence-corrected chi connectivity index (χ1v) is 14.6. The predicted octanol–water partition coefficient (Wildman–Crippen LogP) is 7.78. The molecule has 206 valence electrons. The van der Waals surface area contributed by atoms with Gasteiger partial charge in [0.05, 0.1) is 31.1 Å². The number of unbranched alkanes of at least 4 members (excludes halogenated alkanes) is 3. The molecule has 0 amide bonds. The Morgan fingerprint density at radius 1 is 0.972 bits per heavy atom. The van der Waals surface area contributed by atoms with E-state index in [-0.39, 0.29) is 18.7 Å². The van der Waals surface area contributed by atoms with Crippen LogP contribution in [0.2, 0.25) is 0 Å². The molecule has 36 heavy (non-hydrogen) atoms. The molecule has 2 rings (SSSR count). The first kappa shape index (κ1) is 30.8. The Bertz CT molecular complexity index is 855. The minimum absolute atomic E-state index is 0.227. The molecule has 0 aromatic heterocycles. The number of nitrogens with one attached hydrogen (secondary N) is 1. The Kier molecular flexibility index (Phi) is 11.5. The van der Waals surface area contributed by atoms with Gasteiger partial charge in [0, 0.05) is 17.7 Å². The van der Waals surface area contributed by atoms with E-state index in [9.17, 15) is 8.96 Å². The SMILES string of the molecule is CC1=C[C@](CCc2ccc(OCCCCCCF)cc2)(COP(=O)(OC(C)(C)C)OC(C)(C)C)CN1. The summed E-state index contributed by atoms with van der Waals surface area (Å²) in [6.45, 7) is 14.4. The fraction of sp³-hybridized carbons (Fsp3) is 0.714. The van der Waals surface area contributed by atoms with E-state index in [0.29, 0.717) is 19.6 Å². The van der Waals surface area contributed by atoms with Gasteiger partial charge in [-0.1, -0.05) is 24.6 Å². The fourth-order valence-corrected chi connectivity index (χ4v) is 5.94. The lowest BCUT2D eigenvalue weighted by atomic mass is 9.84. The molecule has 0 saturated heterocycles. The van der Waals surface area contributed by atoms with Gasteiger partial charge in [0.25, 0.3) is 0 Å². The molecular weight excluding hydrogens is 480 g/mol. The lowest BCUT2D eigenvalue weighted by Crippen LogP contribution is -2.32. The number of hydrogen-bond donors (Lipinski definition) is 1. The van der Waals surface area contributed by atoms with Crippen LogP contribution in [0, 0.1) is 5.41 Å². The summed E-state index contributed by atoms with van der Waals surface area (Å²) >= 11 is 0. The Hall–Kier alpha value is -1.40. The van der Waals surface area contributed by atoms with Gasteiger partial charge >= 0.3 is 7.82 Å². The molecule has 1 aliphatic heterocycles. The topological polar surface area (TPSA) is 66.0 Å². The van der Waals surface area contributed by atoms with Crippen LogP contribution in [0.15, 0.2) is 36.0 Å². The number of benzene rings is 1. The molecule has 1 N–H and O–H groups in total. The Morgan fingerprint density at radius 2 is 1.58 bits per heavy atom. The van der Waals surface area contributed by atoms with Crippen LogP contribution in [0.5, 0.6) is 5.75 Å². The zero-order valence-electron chi connectivity index (χ0n) is 23.3. The molecule has 0 unspecified atom stereocenters. The van der Waals surface area contributed by atoms with Crippen molar-refractivity contribution in [3.63, 3.8) is 0 Å². The highest BCUT2D eigenvalue weighted by atomic mass is 31.2. The molecule has 1 aromatic rings. The van der Waals surface area contributed by atoms with E-state index in [1.807, 2.05) is 60.6 Å². The third-order valence-electron chi connectivity index (χ3n) is 5.66. The van der Waals surface area contributed by atoms with Gasteiger partial charge in [-0.25, -0.2) is 4.57 Å². The Labute approximate surface area is 217 Å². The lowest BCUT2D eigenvalue weighted by molar-refractivity contribution is -0.00573. The number of allylic oxidation sites excluding steroid dienone is 1. The number of halogens is 1. The van der Waals surface area contributed by atoms with Gasteiger partial charge < -0.3 is 10.1 Å². The molecule has 6 nitrogen and oxygen atoms in total. The second kappa shape index (κ2) is 13.4. The van der Waals surface area contributed by atoms with Crippen LogP contribution < -0.4 is 10.1 Å². The summed E-state index contributed by atoms with van der Waals surface area (Å²) in [5.74, 6) is 0.847. The first-order valence-electron chi connectivity index (χ1n) is 13.1. The number of ether oxygens (including phenoxy) is 1. The highest BCUT2D eigenvalue weighted by Gasteiger charge is 2.41. The summed E-state index contributed by atoms with van der Waals surface area (Å²) in [5, 5.41) is 3.40. The third-order valence-corrected chi connectivity index (χ3v) is 7.64. The Morgan fingerprint density at radius 3 is 2.11 bits per heavy atom.